The van der Waals surface area contributed by atoms with E-state index in [2.05, 4.69) is 17.6 Å². The molecule has 2 amide bonds. The van der Waals surface area contributed by atoms with Gasteiger partial charge in [0.2, 0.25) is 0 Å². The summed E-state index contributed by atoms with van der Waals surface area (Å²) in [7, 11) is -1.06. The normalized spacial score (nSPS) is 20.2. The van der Waals surface area contributed by atoms with Gasteiger partial charge in [-0.2, -0.15) is 0 Å². The van der Waals surface area contributed by atoms with Crippen LogP contribution in [0.4, 0.5) is 4.79 Å². The quantitative estimate of drug-likeness (QED) is 0.630. The summed E-state index contributed by atoms with van der Waals surface area (Å²) in [5, 5.41) is 5.97. The zero-order chi connectivity index (χ0) is 20.0. The molecule has 1 saturated carbocycles. The summed E-state index contributed by atoms with van der Waals surface area (Å²) >= 11 is 0. The molecule has 1 fully saturated rings. The van der Waals surface area contributed by atoms with Crippen molar-refractivity contribution < 1.29 is 13.8 Å². The van der Waals surface area contributed by atoms with Crippen LogP contribution in [0.5, 0.6) is 0 Å². The first kappa shape index (κ1) is 23.1. The predicted octanol–water partition coefficient (Wildman–Crippen LogP) is 3.93. The van der Waals surface area contributed by atoms with Crippen molar-refractivity contribution in [2.24, 2.45) is 5.92 Å². The van der Waals surface area contributed by atoms with Crippen LogP contribution in [0.25, 0.3) is 0 Å². The lowest BCUT2D eigenvalue weighted by Gasteiger charge is -2.34. The van der Waals surface area contributed by atoms with E-state index in [4.69, 9.17) is 0 Å². The molecule has 0 saturated heterocycles. The van der Waals surface area contributed by atoms with E-state index in [9.17, 15) is 13.8 Å². The number of nitrogens with one attached hydrogen (secondary N) is 2. The SMILES string of the molecule is CCCC(C)(CS(=O)C(C)(C)C)NC(=O)NC(C(=O)CC)C1CCCC1. The van der Waals surface area contributed by atoms with Crippen LogP contribution in [0.2, 0.25) is 0 Å². The molecule has 0 spiro atoms. The van der Waals surface area contributed by atoms with Gasteiger partial charge in [-0.15, -0.1) is 0 Å². The number of carbonyl (C=O) groups excluding carboxylic acids is 2. The van der Waals surface area contributed by atoms with Crippen molar-refractivity contribution in [3.8, 4) is 0 Å². The van der Waals surface area contributed by atoms with Gasteiger partial charge in [-0.3, -0.25) is 9.00 Å². The van der Waals surface area contributed by atoms with Crippen molar-refractivity contribution in [2.75, 3.05) is 5.75 Å². The van der Waals surface area contributed by atoms with Crippen LogP contribution in [0, 0.1) is 5.92 Å². The first-order valence-corrected chi connectivity index (χ1v) is 11.3. The highest BCUT2D eigenvalue weighted by atomic mass is 32.2. The Morgan fingerprint density at radius 3 is 2.15 bits per heavy atom. The maximum Gasteiger partial charge on any atom is 0.315 e. The molecule has 1 aliphatic carbocycles. The molecule has 0 aromatic heterocycles. The van der Waals surface area contributed by atoms with E-state index >= 15 is 0 Å². The maximum atomic E-state index is 12.7. The second-order valence-electron chi connectivity index (χ2n) is 8.85. The Bertz CT molecular complexity index is 510. The summed E-state index contributed by atoms with van der Waals surface area (Å²) in [6.07, 6.45) is 6.31. The van der Waals surface area contributed by atoms with Crippen LogP contribution in [0.15, 0.2) is 0 Å². The summed E-state index contributed by atoms with van der Waals surface area (Å²) < 4.78 is 12.3. The van der Waals surface area contributed by atoms with E-state index in [1.807, 2.05) is 34.6 Å². The monoisotopic (exact) mass is 386 g/mol. The van der Waals surface area contributed by atoms with Gasteiger partial charge in [0.15, 0.2) is 5.78 Å². The van der Waals surface area contributed by atoms with Crippen molar-refractivity contribution >= 4 is 22.6 Å². The van der Waals surface area contributed by atoms with Crippen LogP contribution in [-0.4, -0.2) is 38.1 Å². The Balaban J connectivity index is 2.81. The average molecular weight is 387 g/mol. The molecule has 152 valence electrons. The van der Waals surface area contributed by atoms with E-state index in [1.54, 1.807) is 0 Å². The van der Waals surface area contributed by atoms with Crippen molar-refractivity contribution in [2.45, 2.75) is 103 Å². The standard InChI is InChI=1S/C20H38N2O3S/c1-7-13-20(6,14-26(25)19(3,4)5)22-18(24)21-17(16(23)8-2)15-11-9-10-12-15/h15,17H,7-14H2,1-6H3,(H2,21,22,24). The first-order valence-electron chi connectivity index (χ1n) is 10.0. The molecular formula is C20H38N2O3S. The predicted molar refractivity (Wildman–Crippen MR) is 109 cm³/mol. The van der Waals surface area contributed by atoms with E-state index in [0.29, 0.717) is 12.2 Å². The number of hydrogen-bond donors (Lipinski definition) is 2. The Morgan fingerprint density at radius 2 is 1.69 bits per heavy atom. The van der Waals surface area contributed by atoms with Gasteiger partial charge in [-0.05, 0) is 52.9 Å². The first-order chi connectivity index (χ1) is 12.0. The molecule has 0 aromatic carbocycles. The van der Waals surface area contributed by atoms with E-state index in [0.717, 1.165) is 38.5 Å². The van der Waals surface area contributed by atoms with Gasteiger partial charge in [0.25, 0.3) is 0 Å². The molecule has 26 heavy (non-hydrogen) atoms. The van der Waals surface area contributed by atoms with E-state index in [1.165, 1.54) is 0 Å². The number of rotatable bonds is 9. The minimum absolute atomic E-state index is 0.0995. The number of urea groups is 1. The molecule has 5 nitrogen and oxygen atoms in total. The third-order valence-electron chi connectivity index (χ3n) is 5.20. The highest BCUT2D eigenvalue weighted by Crippen LogP contribution is 2.28. The largest absolute Gasteiger partial charge is 0.332 e. The molecule has 1 rings (SSSR count). The van der Waals surface area contributed by atoms with Gasteiger partial charge in [0, 0.05) is 27.7 Å². The molecule has 0 aliphatic heterocycles. The molecule has 6 heteroatoms. The number of carbonyl (C=O) groups is 2. The number of hydrogen-bond acceptors (Lipinski definition) is 3. The molecule has 0 aromatic rings. The topological polar surface area (TPSA) is 75.3 Å². The minimum atomic E-state index is -1.06. The summed E-state index contributed by atoms with van der Waals surface area (Å²) in [5.41, 5.74) is -0.549. The fraction of sp³-hybridized carbons (Fsp3) is 0.900. The lowest BCUT2D eigenvalue weighted by atomic mass is 9.93. The number of Topliss-reactive ketones (excluding diaryl/α,β-unsaturated/α-hetero) is 1. The minimum Gasteiger partial charge on any atom is -0.332 e. The Kier molecular flexibility index (Phi) is 8.77. The van der Waals surface area contributed by atoms with Gasteiger partial charge >= 0.3 is 6.03 Å². The third-order valence-corrected chi connectivity index (χ3v) is 7.47. The third kappa shape index (κ3) is 7.01. The lowest BCUT2D eigenvalue weighted by molar-refractivity contribution is -0.121. The van der Waals surface area contributed by atoms with Gasteiger partial charge in [-0.1, -0.05) is 33.1 Å². The summed E-state index contributed by atoms with van der Waals surface area (Å²) in [6, 6.07) is -0.716. The fourth-order valence-corrected chi connectivity index (χ4v) is 4.88. The van der Waals surface area contributed by atoms with Crippen LogP contribution in [-0.2, 0) is 15.6 Å². The molecule has 1 aliphatic rings. The summed E-state index contributed by atoms with van der Waals surface area (Å²) in [4.78, 5) is 25.0. The number of ketones is 1. The van der Waals surface area contributed by atoms with Gasteiger partial charge in [0.1, 0.15) is 0 Å². The molecular weight excluding hydrogens is 348 g/mol. The second kappa shape index (κ2) is 9.86. The van der Waals surface area contributed by atoms with Crippen LogP contribution in [0.1, 0.15) is 86.5 Å². The average Bonchev–Trinajstić information content (AvgIpc) is 3.04. The molecule has 2 N–H and O–H groups in total. The van der Waals surface area contributed by atoms with Crippen LogP contribution < -0.4 is 10.6 Å². The van der Waals surface area contributed by atoms with E-state index < -0.39 is 22.4 Å². The van der Waals surface area contributed by atoms with Crippen molar-refractivity contribution in [1.29, 1.82) is 0 Å². The van der Waals surface area contributed by atoms with Crippen molar-refractivity contribution in [3.05, 3.63) is 0 Å². The van der Waals surface area contributed by atoms with Crippen LogP contribution >= 0.6 is 0 Å². The van der Waals surface area contributed by atoms with Crippen LogP contribution in [0.3, 0.4) is 0 Å². The zero-order valence-electron chi connectivity index (χ0n) is 17.4. The van der Waals surface area contributed by atoms with Gasteiger partial charge < -0.3 is 10.6 Å². The zero-order valence-corrected chi connectivity index (χ0v) is 18.3. The Morgan fingerprint density at radius 1 is 1.12 bits per heavy atom. The highest BCUT2D eigenvalue weighted by molar-refractivity contribution is 7.86. The lowest BCUT2D eigenvalue weighted by Crippen LogP contribution is -2.57. The molecule has 0 bridgehead atoms. The molecule has 3 atom stereocenters. The van der Waals surface area contributed by atoms with Gasteiger partial charge in [0.05, 0.1) is 11.6 Å². The molecule has 3 unspecified atom stereocenters. The summed E-state index contributed by atoms with van der Waals surface area (Å²) in [5.74, 6) is 0.755. The van der Waals surface area contributed by atoms with Crippen molar-refractivity contribution in [1.82, 2.24) is 10.6 Å². The van der Waals surface area contributed by atoms with Gasteiger partial charge in [-0.25, -0.2) is 4.79 Å². The second-order valence-corrected chi connectivity index (χ2v) is 11.1. The molecule has 0 radical (unpaired) electrons. The fourth-order valence-electron chi connectivity index (χ4n) is 3.65. The Hall–Kier alpha value is -0.910. The van der Waals surface area contributed by atoms with Crippen molar-refractivity contribution in [3.63, 3.8) is 0 Å². The Labute approximate surface area is 161 Å². The summed E-state index contributed by atoms with van der Waals surface area (Å²) in [6.45, 7) is 11.7. The number of amides is 2. The highest BCUT2D eigenvalue weighted by Gasteiger charge is 2.35. The van der Waals surface area contributed by atoms with E-state index in [-0.39, 0.29) is 22.5 Å². The smallest absolute Gasteiger partial charge is 0.315 e. The molecule has 0 heterocycles. The maximum absolute atomic E-state index is 12.7.